The van der Waals surface area contributed by atoms with Gasteiger partial charge in [0.1, 0.15) is 17.9 Å². The summed E-state index contributed by atoms with van der Waals surface area (Å²) in [6, 6.07) is 16.4. The lowest BCUT2D eigenvalue weighted by Gasteiger charge is -2.21. The molecular weight excluding hydrogens is 575 g/mol. The van der Waals surface area contributed by atoms with Crippen molar-refractivity contribution in [2.75, 3.05) is 23.8 Å². The van der Waals surface area contributed by atoms with Gasteiger partial charge in [-0.2, -0.15) is 0 Å². The van der Waals surface area contributed by atoms with E-state index in [2.05, 4.69) is 15.6 Å². The number of rotatable bonds is 8. The molecule has 3 amide bonds. The highest BCUT2D eigenvalue weighted by Gasteiger charge is 2.20. The van der Waals surface area contributed by atoms with Gasteiger partial charge in [-0.25, -0.2) is 9.78 Å². The molecule has 0 spiro atoms. The predicted octanol–water partition coefficient (Wildman–Crippen LogP) is 7.07. The molecule has 0 bridgehead atoms. The van der Waals surface area contributed by atoms with Crippen LogP contribution >= 0.6 is 34.8 Å². The van der Waals surface area contributed by atoms with Gasteiger partial charge in [0, 0.05) is 40.0 Å². The summed E-state index contributed by atoms with van der Waals surface area (Å²) in [7, 11) is 1.54. The molecule has 40 heavy (non-hydrogen) atoms. The summed E-state index contributed by atoms with van der Waals surface area (Å²) in [4.78, 5) is 42.6. The molecule has 11 heteroatoms. The van der Waals surface area contributed by atoms with E-state index in [0.29, 0.717) is 43.8 Å². The third-order valence-electron chi connectivity index (χ3n) is 6.08. The average Bonchev–Trinajstić information content (AvgIpc) is 2.91. The number of urea groups is 1. The number of ketones is 1. The number of ether oxygens (including phenoxy) is 1. The van der Waals surface area contributed by atoms with E-state index in [-0.39, 0.29) is 24.0 Å². The highest BCUT2D eigenvalue weighted by Crippen LogP contribution is 2.36. The summed E-state index contributed by atoms with van der Waals surface area (Å²) in [6.45, 7) is 2.99. The fourth-order valence-electron chi connectivity index (χ4n) is 3.94. The lowest BCUT2D eigenvalue weighted by molar-refractivity contribution is -0.117. The third kappa shape index (κ3) is 6.65. The van der Waals surface area contributed by atoms with Gasteiger partial charge in [0.15, 0.2) is 5.78 Å². The van der Waals surface area contributed by atoms with E-state index in [0.717, 1.165) is 11.1 Å². The first-order valence-corrected chi connectivity index (χ1v) is 13.3. The van der Waals surface area contributed by atoms with E-state index in [4.69, 9.17) is 39.5 Å². The average molecular weight is 600 g/mol. The topological polar surface area (TPSA) is 101 Å². The van der Waals surface area contributed by atoms with Crippen molar-refractivity contribution in [1.82, 2.24) is 10.3 Å². The molecule has 0 saturated carbocycles. The monoisotopic (exact) mass is 598 g/mol. The number of nitrogens with one attached hydrogen (secondary N) is 2. The van der Waals surface area contributed by atoms with Crippen molar-refractivity contribution < 1.29 is 19.1 Å². The zero-order valence-electron chi connectivity index (χ0n) is 21.8. The maximum Gasteiger partial charge on any atom is 0.319 e. The van der Waals surface area contributed by atoms with E-state index in [1.807, 2.05) is 19.1 Å². The number of aromatic nitrogens is 1. The number of halogens is 3. The normalized spacial score (nSPS) is 10.8. The van der Waals surface area contributed by atoms with Crippen LogP contribution in [-0.4, -0.2) is 36.3 Å². The van der Waals surface area contributed by atoms with E-state index in [1.54, 1.807) is 48.5 Å². The number of likely N-dealkylation sites (N-methyl/N-ethyl adjacent to an activating group) is 1. The van der Waals surface area contributed by atoms with Gasteiger partial charge in [0.05, 0.1) is 22.3 Å². The molecule has 0 aliphatic carbocycles. The first-order valence-electron chi connectivity index (χ1n) is 12.1. The van der Waals surface area contributed by atoms with Crippen LogP contribution in [0.15, 0.2) is 60.7 Å². The first-order chi connectivity index (χ1) is 19.0. The summed E-state index contributed by atoms with van der Waals surface area (Å²) in [6.07, 6.45) is 0. The quantitative estimate of drug-likeness (QED) is 0.211. The van der Waals surface area contributed by atoms with E-state index >= 15 is 0 Å². The van der Waals surface area contributed by atoms with Crippen LogP contribution in [0.3, 0.4) is 0 Å². The van der Waals surface area contributed by atoms with E-state index in [9.17, 15) is 14.4 Å². The van der Waals surface area contributed by atoms with Crippen LogP contribution in [0.2, 0.25) is 15.1 Å². The number of amides is 3. The Morgan fingerprint density at radius 1 is 0.975 bits per heavy atom. The highest BCUT2D eigenvalue weighted by atomic mass is 35.5. The number of carbonyl (C=O) groups is 3. The summed E-state index contributed by atoms with van der Waals surface area (Å²) in [5, 5.41) is 7.03. The molecule has 206 valence electrons. The van der Waals surface area contributed by atoms with Crippen LogP contribution in [-0.2, 0) is 11.4 Å². The molecule has 4 aromatic rings. The zero-order chi connectivity index (χ0) is 29.0. The Morgan fingerprint density at radius 2 is 1.73 bits per heavy atom. The van der Waals surface area contributed by atoms with Crippen LogP contribution < -0.4 is 20.3 Å². The fourth-order valence-corrected chi connectivity index (χ4v) is 4.86. The molecule has 0 atom stereocenters. The smallest absolute Gasteiger partial charge is 0.319 e. The van der Waals surface area contributed by atoms with Gasteiger partial charge in [-0.15, -0.1) is 0 Å². The minimum absolute atomic E-state index is 0.0138. The van der Waals surface area contributed by atoms with Crippen molar-refractivity contribution in [3.05, 3.63) is 92.6 Å². The molecule has 0 fully saturated rings. The molecule has 3 aromatic carbocycles. The molecule has 0 saturated heterocycles. The Labute approximate surface area is 246 Å². The molecule has 8 nitrogen and oxygen atoms in total. The number of carbonyl (C=O) groups excluding carboxylic acids is 3. The molecule has 4 rings (SSSR count). The molecule has 0 radical (unpaired) electrons. The summed E-state index contributed by atoms with van der Waals surface area (Å²) in [5.41, 5.74) is 3.11. The number of benzene rings is 3. The third-order valence-corrected chi connectivity index (χ3v) is 7.17. The number of pyridine rings is 1. The zero-order valence-corrected chi connectivity index (χ0v) is 24.1. The Balaban J connectivity index is 1.44. The van der Waals surface area contributed by atoms with Gasteiger partial charge < -0.3 is 20.3 Å². The minimum atomic E-state index is -0.599. The minimum Gasteiger partial charge on any atom is -0.487 e. The van der Waals surface area contributed by atoms with Gasteiger partial charge in [0.2, 0.25) is 5.91 Å². The second-order valence-corrected chi connectivity index (χ2v) is 10.1. The first kappa shape index (κ1) is 29.1. The van der Waals surface area contributed by atoms with E-state index in [1.165, 1.54) is 18.9 Å². The van der Waals surface area contributed by atoms with Gasteiger partial charge in [0.25, 0.3) is 0 Å². The molecule has 2 N–H and O–H groups in total. The number of fused-ring (bicyclic) bond motifs is 1. The van der Waals surface area contributed by atoms with Gasteiger partial charge in [-0.1, -0.05) is 59.1 Å². The number of para-hydroxylation sites is 1. The summed E-state index contributed by atoms with van der Waals surface area (Å²) in [5.74, 6) is -0.0417. The summed E-state index contributed by atoms with van der Waals surface area (Å²) < 4.78 is 6.05. The van der Waals surface area contributed by atoms with Crippen LogP contribution in [0.4, 0.5) is 16.2 Å². The maximum absolute atomic E-state index is 12.9. The van der Waals surface area contributed by atoms with Crippen LogP contribution in [0.25, 0.3) is 10.9 Å². The lowest BCUT2D eigenvalue weighted by atomic mass is 10.1. The van der Waals surface area contributed by atoms with Gasteiger partial charge in [-0.05, 0) is 50.2 Å². The number of anilines is 2. The van der Waals surface area contributed by atoms with Gasteiger partial charge in [-0.3, -0.25) is 9.59 Å². The van der Waals surface area contributed by atoms with Crippen molar-refractivity contribution in [2.24, 2.45) is 0 Å². The number of nitrogens with zero attached hydrogens (tertiary/aromatic N) is 2. The fraction of sp³-hybridized carbons (Fsp3) is 0.172. The summed E-state index contributed by atoms with van der Waals surface area (Å²) >= 11 is 19.5. The Kier molecular flexibility index (Phi) is 9.14. The molecule has 0 unspecified atom stereocenters. The Bertz CT molecular complexity index is 1630. The largest absolute Gasteiger partial charge is 0.487 e. The van der Waals surface area contributed by atoms with E-state index < -0.39 is 11.9 Å². The second-order valence-electron chi connectivity index (χ2n) is 8.94. The second kappa shape index (κ2) is 12.6. The number of hydrogen-bond donors (Lipinski definition) is 2. The van der Waals surface area contributed by atoms with Crippen molar-refractivity contribution in [3.8, 4) is 5.75 Å². The SMILES string of the molecule is CC(=O)c1cccc(NC(=O)NCC(=O)N(C)c2ccc(Cl)c(COc3cccc4c(Cl)cc(C)nc34)c2Cl)c1. The number of aryl methyl sites for hydroxylation is 1. The van der Waals surface area contributed by atoms with Crippen molar-refractivity contribution in [3.63, 3.8) is 0 Å². The van der Waals surface area contributed by atoms with Gasteiger partial charge >= 0.3 is 6.03 Å². The van der Waals surface area contributed by atoms with Crippen molar-refractivity contribution in [2.45, 2.75) is 20.5 Å². The molecule has 1 aromatic heterocycles. The Hall–Kier alpha value is -3.85. The van der Waals surface area contributed by atoms with Crippen molar-refractivity contribution >= 4 is 74.8 Å². The molecular formula is C29H25Cl3N4O4. The van der Waals surface area contributed by atoms with Crippen LogP contribution in [0.1, 0.15) is 28.5 Å². The maximum atomic E-state index is 12.9. The molecule has 0 aliphatic heterocycles. The molecule has 0 aliphatic rings. The molecule has 1 heterocycles. The predicted molar refractivity (Wildman–Crippen MR) is 159 cm³/mol. The highest BCUT2D eigenvalue weighted by molar-refractivity contribution is 6.38. The Morgan fingerprint density at radius 3 is 2.48 bits per heavy atom. The standard InChI is InChI=1S/C29H25Cl3N4O4/c1-16-12-23(31)20-8-5-9-25(28(20)34-16)40-15-21-22(30)10-11-24(27(21)32)36(3)26(38)14-33-29(39)35-19-7-4-6-18(13-19)17(2)37/h4-13H,14-15H2,1-3H3,(H2,33,35,39). The van der Waals surface area contributed by atoms with Crippen LogP contribution in [0, 0.1) is 6.92 Å². The van der Waals surface area contributed by atoms with Crippen molar-refractivity contribution in [1.29, 1.82) is 0 Å². The number of hydrogen-bond acceptors (Lipinski definition) is 5. The lowest BCUT2D eigenvalue weighted by Crippen LogP contribution is -2.40. The number of Topliss-reactive ketones (excluding diaryl/α,β-unsaturated/α-hetero) is 1. The van der Waals surface area contributed by atoms with Crippen LogP contribution in [0.5, 0.6) is 5.75 Å².